The lowest BCUT2D eigenvalue weighted by Crippen LogP contribution is -2.58. The molecule has 2 aliphatic carbocycles. The monoisotopic (exact) mass is 267 g/mol. The fourth-order valence-corrected chi connectivity index (χ4v) is 3.79. The largest absolute Gasteiger partial charge is 0.368 e. The molecule has 110 valence electrons. The van der Waals surface area contributed by atoms with Crippen LogP contribution in [0.1, 0.15) is 52.4 Å². The Kier molecular flexibility index (Phi) is 4.85. The number of carbonyl (C=O) groups is 1. The first-order valence-corrected chi connectivity index (χ1v) is 7.93. The highest BCUT2D eigenvalue weighted by Gasteiger charge is 2.46. The fraction of sp³-hybridized carbons (Fsp3) is 0.933. The maximum Gasteiger partial charge on any atom is 0.238 e. The van der Waals surface area contributed by atoms with Gasteiger partial charge in [-0.25, -0.2) is 0 Å². The molecule has 2 unspecified atom stereocenters. The Labute approximate surface area is 117 Å². The minimum Gasteiger partial charge on any atom is -0.368 e. The molecule has 2 fully saturated rings. The van der Waals surface area contributed by atoms with Crippen molar-refractivity contribution >= 4 is 5.91 Å². The zero-order valence-corrected chi connectivity index (χ0v) is 12.5. The SMILES string of the molecule is CCNC1(C(N)=O)CCCC1CCN(CC)C1CC1. The Balaban J connectivity index is 1.94. The van der Waals surface area contributed by atoms with Crippen LogP contribution in [0.5, 0.6) is 0 Å². The average Bonchev–Trinajstić information content (AvgIpc) is 3.13. The first kappa shape index (κ1) is 14.8. The molecule has 3 N–H and O–H groups in total. The molecule has 0 radical (unpaired) electrons. The minimum absolute atomic E-state index is 0.147. The number of hydrogen-bond acceptors (Lipinski definition) is 3. The Morgan fingerprint density at radius 1 is 1.37 bits per heavy atom. The van der Waals surface area contributed by atoms with Crippen LogP contribution < -0.4 is 11.1 Å². The first-order valence-electron chi connectivity index (χ1n) is 7.93. The number of rotatable bonds is 8. The van der Waals surface area contributed by atoms with E-state index in [1.54, 1.807) is 0 Å². The summed E-state index contributed by atoms with van der Waals surface area (Å²) in [4.78, 5) is 14.5. The second kappa shape index (κ2) is 6.23. The normalized spacial score (nSPS) is 31.0. The zero-order chi connectivity index (χ0) is 13.9. The standard InChI is InChI=1S/C15H29N3O/c1-3-17-15(14(16)19)10-5-6-12(15)9-11-18(4-2)13-7-8-13/h12-13,17H,3-11H2,1-2H3,(H2,16,19). The molecule has 19 heavy (non-hydrogen) atoms. The number of amides is 1. The molecule has 0 aliphatic heterocycles. The van der Waals surface area contributed by atoms with Gasteiger partial charge in [-0.3, -0.25) is 4.79 Å². The molecule has 2 atom stereocenters. The molecule has 0 aromatic heterocycles. The van der Waals surface area contributed by atoms with Gasteiger partial charge in [0, 0.05) is 6.04 Å². The van der Waals surface area contributed by atoms with E-state index in [-0.39, 0.29) is 5.91 Å². The quantitative estimate of drug-likeness (QED) is 0.700. The van der Waals surface area contributed by atoms with Crippen molar-refractivity contribution in [1.29, 1.82) is 0 Å². The van der Waals surface area contributed by atoms with Crippen molar-refractivity contribution in [3.63, 3.8) is 0 Å². The van der Waals surface area contributed by atoms with E-state index in [4.69, 9.17) is 5.73 Å². The van der Waals surface area contributed by atoms with Crippen LogP contribution in [0.3, 0.4) is 0 Å². The van der Waals surface area contributed by atoms with E-state index >= 15 is 0 Å². The Hall–Kier alpha value is -0.610. The van der Waals surface area contributed by atoms with Crippen molar-refractivity contribution in [3.05, 3.63) is 0 Å². The summed E-state index contributed by atoms with van der Waals surface area (Å²) in [5.74, 6) is 0.268. The third-order valence-electron chi connectivity index (χ3n) is 4.99. The molecule has 0 saturated heterocycles. The summed E-state index contributed by atoms with van der Waals surface area (Å²) < 4.78 is 0. The highest BCUT2D eigenvalue weighted by Crippen LogP contribution is 2.38. The van der Waals surface area contributed by atoms with Crippen LogP contribution in [0.15, 0.2) is 0 Å². The van der Waals surface area contributed by atoms with Crippen LogP contribution in [-0.2, 0) is 4.79 Å². The van der Waals surface area contributed by atoms with Gasteiger partial charge in [-0.2, -0.15) is 0 Å². The number of carbonyl (C=O) groups excluding carboxylic acids is 1. The second-order valence-corrected chi connectivity index (χ2v) is 6.10. The Bertz CT molecular complexity index is 317. The lowest BCUT2D eigenvalue weighted by atomic mass is 9.83. The maximum atomic E-state index is 11.9. The molecular weight excluding hydrogens is 238 g/mol. The first-order chi connectivity index (χ1) is 9.14. The number of primary amides is 1. The van der Waals surface area contributed by atoms with Crippen molar-refractivity contribution in [1.82, 2.24) is 10.2 Å². The van der Waals surface area contributed by atoms with Gasteiger partial charge in [0.15, 0.2) is 0 Å². The summed E-state index contributed by atoms with van der Waals surface area (Å²) in [7, 11) is 0. The number of nitrogens with two attached hydrogens (primary N) is 1. The van der Waals surface area contributed by atoms with Gasteiger partial charge in [-0.1, -0.05) is 20.3 Å². The van der Waals surface area contributed by atoms with Gasteiger partial charge < -0.3 is 16.0 Å². The number of likely N-dealkylation sites (N-methyl/N-ethyl adjacent to an activating group) is 1. The van der Waals surface area contributed by atoms with Crippen LogP contribution in [0.2, 0.25) is 0 Å². The van der Waals surface area contributed by atoms with E-state index in [1.165, 1.54) is 12.8 Å². The van der Waals surface area contributed by atoms with Crippen molar-refractivity contribution in [3.8, 4) is 0 Å². The number of nitrogens with one attached hydrogen (secondary N) is 1. The van der Waals surface area contributed by atoms with Crippen LogP contribution in [-0.4, -0.2) is 42.0 Å². The summed E-state index contributed by atoms with van der Waals surface area (Å²) in [6.07, 6.45) is 6.98. The summed E-state index contributed by atoms with van der Waals surface area (Å²) >= 11 is 0. The van der Waals surface area contributed by atoms with Gasteiger partial charge in [0.2, 0.25) is 5.91 Å². The summed E-state index contributed by atoms with van der Waals surface area (Å²) in [6, 6.07) is 0.813. The van der Waals surface area contributed by atoms with Gasteiger partial charge in [0.05, 0.1) is 0 Å². The highest BCUT2D eigenvalue weighted by molar-refractivity contribution is 5.85. The molecule has 4 heteroatoms. The Morgan fingerprint density at radius 2 is 2.11 bits per heavy atom. The van der Waals surface area contributed by atoms with Crippen molar-refractivity contribution < 1.29 is 4.79 Å². The molecule has 0 heterocycles. The number of hydrogen-bond donors (Lipinski definition) is 2. The Morgan fingerprint density at radius 3 is 2.63 bits per heavy atom. The molecule has 2 saturated carbocycles. The molecule has 0 aromatic carbocycles. The van der Waals surface area contributed by atoms with Crippen molar-refractivity contribution in [2.75, 3.05) is 19.6 Å². The lowest BCUT2D eigenvalue weighted by Gasteiger charge is -2.34. The molecule has 2 aliphatic rings. The molecule has 4 nitrogen and oxygen atoms in total. The van der Waals surface area contributed by atoms with E-state index in [9.17, 15) is 4.79 Å². The predicted molar refractivity (Wildman–Crippen MR) is 77.8 cm³/mol. The lowest BCUT2D eigenvalue weighted by molar-refractivity contribution is -0.126. The topological polar surface area (TPSA) is 58.4 Å². The van der Waals surface area contributed by atoms with Gasteiger partial charge in [0.1, 0.15) is 5.54 Å². The maximum absolute atomic E-state index is 11.9. The van der Waals surface area contributed by atoms with E-state index in [0.717, 1.165) is 51.4 Å². The highest BCUT2D eigenvalue weighted by atomic mass is 16.1. The van der Waals surface area contributed by atoms with E-state index in [0.29, 0.717) is 5.92 Å². The van der Waals surface area contributed by atoms with Gasteiger partial charge in [-0.15, -0.1) is 0 Å². The zero-order valence-electron chi connectivity index (χ0n) is 12.5. The average molecular weight is 267 g/mol. The number of nitrogens with zero attached hydrogens (tertiary/aromatic N) is 1. The van der Waals surface area contributed by atoms with Crippen molar-refractivity contribution in [2.45, 2.75) is 64.0 Å². The second-order valence-electron chi connectivity index (χ2n) is 6.10. The van der Waals surface area contributed by atoms with E-state index in [2.05, 4.69) is 24.1 Å². The summed E-state index contributed by atoms with van der Waals surface area (Å²) in [5, 5.41) is 3.40. The van der Waals surface area contributed by atoms with Gasteiger partial charge in [-0.05, 0) is 57.7 Å². The van der Waals surface area contributed by atoms with Crippen molar-refractivity contribution in [2.24, 2.45) is 11.7 Å². The molecule has 0 spiro atoms. The minimum atomic E-state index is -0.433. The van der Waals surface area contributed by atoms with E-state index in [1.807, 2.05) is 0 Å². The summed E-state index contributed by atoms with van der Waals surface area (Å²) in [6.45, 7) is 7.36. The third kappa shape index (κ3) is 3.11. The molecule has 2 rings (SSSR count). The van der Waals surface area contributed by atoms with Gasteiger partial charge in [0.25, 0.3) is 0 Å². The molecule has 0 aromatic rings. The van der Waals surface area contributed by atoms with E-state index < -0.39 is 5.54 Å². The van der Waals surface area contributed by atoms with Crippen LogP contribution >= 0.6 is 0 Å². The van der Waals surface area contributed by atoms with Gasteiger partial charge >= 0.3 is 0 Å². The third-order valence-corrected chi connectivity index (χ3v) is 4.99. The molecule has 1 amide bonds. The predicted octanol–water partition coefficient (Wildman–Crippen LogP) is 1.49. The van der Waals surface area contributed by atoms with Crippen LogP contribution in [0, 0.1) is 5.92 Å². The van der Waals surface area contributed by atoms with Crippen LogP contribution in [0.4, 0.5) is 0 Å². The molecule has 0 bridgehead atoms. The summed E-state index contributed by atoms with van der Waals surface area (Å²) in [5.41, 5.74) is 5.27. The van der Waals surface area contributed by atoms with Crippen LogP contribution in [0.25, 0.3) is 0 Å². The fourth-order valence-electron chi connectivity index (χ4n) is 3.79. The smallest absolute Gasteiger partial charge is 0.238 e. The molecular formula is C15H29N3O.